The fourth-order valence-corrected chi connectivity index (χ4v) is 6.55. The van der Waals surface area contributed by atoms with Gasteiger partial charge in [-0.15, -0.1) is 11.3 Å². The van der Waals surface area contributed by atoms with Crippen molar-refractivity contribution in [2.75, 3.05) is 31.3 Å². The number of nitrogen functional groups attached to an aromatic ring is 1. The number of fused-ring (bicyclic) bond motifs is 2. The van der Waals surface area contributed by atoms with Crippen LogP contribution in [0, 0.1) is 23.0 Å². The van der Waals surface area contributed by atoms with Crippen LogP contribution in [0.1, 0.15) is 18.9 Å². The molecule has 200 valence electrons. The van der Waals surface area contributed by atoms with Crippen LogP contribution in [0.15, 0.2) is 30.9 Å². The van der Waals surface area contributed by atoms with Crippen molar-refractivity contribution in [3.05, 3.63) is 53.1 Å². The Kier molecular flexibility index (Phi) is 6.78. The fraction of sp³-hybridized carbons (Fsp3) is 0.259. The molecule has 1 fully saturated rings. The number of anilines is 2. The first-order valence-corrected chi connectivity index (χ1v) is 13.1. The molecule has 5 rings (SSSR count). The Morgan fingerprint density at radius 2 is 2.15 bits per heavy atom. The van der Waals surface area contributed by atoms with Crippen LogP contribution in [0.25, 0.3) is 32.1 Å². The zero-order valence-corrected chi connectivity index (χ0v) is 22.8. The number of methoxy groups -OCH3 is 1. The Morgan fingerprint density at radius 3 is 2.82 bits per heavy atom. The molecular weight excluding hydrogens is 546 g/mol. The van der Waals surface area contributed by atoms with E-state index in [-0.39, 0.29) is 66.3 Å². The predicted molar refractivity (Wildman–Crippen MR) is 149 cm³/mol. The summed E-state index contributed by atoms with van der Waals surface area (Å²) in [5, 5.41) is 10.4. The summed E-state index contributed by atoms with van der Waals surface area (Å²) in [6.45, 7) is 6.04. The number of aromatic nitrogens is 2. The van der Waals surface area contributed by atoms with Gasteiger partial charge in [0.1, 0.15) is 28.2 Å². The van der Waals surface area contributed by atoms with Crippen molar-refractivity contribution in [2.45, 2.75) is 25.4 Å². The number of nitrogens with zero attached hydrogens (tertiary/aromatic N) is 5. The van der Waals surface area contributed by atoms with Crippen LogP contribution in [0.3, 0.4) is 0 Å². The van der Waals surface area contributed by atoms with Crippen molar-refractivity contribution in [3.63, 3.8) is 0 Å². The minimum absolute atomic E-state index is 0.0212. The van der Waals surface area contributed by atoms with Crippen molar-refractivity contribution in [1.29, 1.82) is 5.26 Å². The molecule has 2 N–H and O–H groups in total. The summed E-state index contributed by atoms with van der Waals surface area (Å²) in [6, 6.07) is 5.72. The van der Waals surface area contributed by atoms with Crippen molar-refractivity contribution in [1.82, 2.24) is 14.9 Å². The lowest BCUT2D eigenvalue weighted by Crippen LogP contribution is -2.43. The molecule has 2 aromatic heterocycles. The monoisotopic (exact) mass is 568 g/mol. The summed E-state index contributed by atoms with van der Waals surface area (Å²) in [6.07, 6.45) is 1.94. The van der Waals surface area contributed by atoms with Gasteiger partial charge in [-0.25, -0.2) is 8.78 Å². The first kappa shape index (κ1) is 26.6. The van der Waals surface area contributed by atoms with Gasteiger partial charge in [-0.05, 0) is 37.1 Å². The number of carbonyl (C=O) groups excluding carboxylic acids is 1. The van der Waals surface area contributed by atoms with E-state index in [0.717, 1.165) is 11.3 Å². The molecule has 2 aromatic carbocycles. The second-order valence-corrected chi connectivity index (χ2v) is 10.6. The van der Waals surface area contributed by atoms with E-state index in [2.05, 4.69) is 16.5 Å². The van der Waals surface area contributed by atoms with Crippen LogP contribution in [0.2, 0.25) is 5.02 Å². The molecule has 8 nitrogen and oxygen atoms in total. The van der Waals surface area contributed by atoms with Gasteiger partial charge in [0.2, 0.25) is 5.91 Å². The van der Waals surface area contributed by atoms with Gasteiger partial charge in [0, 0.05) is 36.0 Å². The van der Waals surface area contributed by atoms with Crippen LogP contribution in [-0.4, -0.2) is 53.6 Å². The van der Waals surface area contributed by atoms with Gasteiger partial charge in [0.25, 0.3) is 0 Å². The highest BCUT2D eigenvalue weighted by atomic mass is 35.5. The van der Waals surface area contributed by atoms with Crippen molar-refractivity contribution < 1.29 is 18.3 Å². The highest BCUT2D eigenvalue weighted by Crippen LogP contribution is 2.45. The molecule has 39 heavy (non-hydrogen) atoms. The van der Waals surface area contributed by atoms with Crippen LogP contribution >= 0.6 is 22.9 Å². The smallest absolute Gasteiger partial charge is 0.318 e. The standard InChI is InChI=1S/C27H23ClF2N6O2S/c1-5-19(37)36-9-8-18(12(36)2)35(3)26-14-10-16(28)21(22(30)23(14)33-27(34-26)38-4)13-6-7-17(29)24-20(13)15(11-31)25(32)39-24/h5-7,10,12,18H,1,8-9,32H2,2-4H3. The second-order valence-electron chi connectivity index (χ2n) is 9.17. The van der Waals surface area contributed by atoms with E-state index in [9.17, 15) is 14.4 Å². The number of carbonyl (C=O) groups is 1. The lowest BCUT2D eigenvalue weighted by Gasteiger charge is -2.32. The Balaban J connectivity index is 1.73. The summed E-state index contributed by atoms with van der Waals surface area (Å²) in [7, 11) is 3.18. The number of hydrogen-bond acceptors (Lipinski definition) is 8. The predicted octanol–water partition coefficient (Wildman–Crippen LogP) is 5.52. The molecule has 0 bridgehead atoms. The third-order valence-corrected chi connectivity index (χ3v) is 8.55. The number of benzene rings is 2. The number of hydrogen-bond donors (Lipinski definition) is 1. The second kappa shape index (κ2) is 9.94. The molecule has 0 saturated carbocycles. The van der Waals surface area contributed by atoms with Crippen LogP contribution in [-0.2, 0) is 4.79 Å². The van der Waals surface area contributed by atoms with Gasteiger partial charge in [0.15, 0.2) is 5.82 Å². The Morgan fingerprint density at radius 1 is 1.41 bits per heavy atom. The Hall–Kier alpha value is -4.01. The van der Waals surface area contributed by atoms with Gasteiger partial charge in [-0.1, -0.05) is 24.2 Å². The number of halogens is 3. The summed E-state index contributed by atoms with van der Waals surface area (Å²) in [5.74, 6) is -1.15. The first-order chi connectivity index (χ1) is 18.6. The summed E-state index contributed by atoms with van der Waals surface area (Å²) in [4.78, 5) is 24.7. The van der Waals surface area contributed by atoms with E-state index in [4.69, 9.17) is 22.1 Å². The molecule has 0 spiro atoms. The van der Waals surface area contributed by atoms with E-state index < -0.39 is 11.6 Å². The molecule has 4 aromatic rings. The van der Waals surface area contributed by atoms with E-state index in [1.54, 1.807) is 18.0 Å². The van der Waals surface area contributed by atoms with E-state index in [1.165, 1.54) is 25.3 Å². The van der Waals surface area contributed by atoms with Gasteiger partial charge < -0.3 is 20.3 Å². The molecule has 2 atom stereocenters. The van der Waals surface area contributed by atoms with E-state index >= 15 is 4.39 Å². The quantitative estimate of drug-likeness (QED) is 0.316. The maximum atomic E-state index is 16.4. The SMILES string of the molecule is C=CC(=O)N1CCC(N(C)c2nc(OC)nc3c(F)c(-c4ccc(F)c5sc(N)c(C#N)c45)c(Cl)cc23)C1C. The normalized spacial score (nSPS) is 17.0. The number of likely N-dealkylation sites (tertiary alicyclic amines) is 1. The van der Waals surface area contributed by atoms with Gasteiger partial charge in [-0.2, -0.15) is 15.2 Å². The maximum Gasteiger partial charge on any atom is 0.318 e. The van der Waals surface area contributed by atoms with E-state index in [0.29, 0.717) is 24.2 Å². The molecule has 3 heterocycles. The van der Waals surface area contributed by atoms with Crippen LogP contribution in [0.5, 0.6) is 6.01 Å². The molecule has 0 radical (unpaired) electrons. The van der Waals surface area contributed by atoms with Crippen LogP contribution < -0.4 is 15.4 Å². The number of rotatable bonds is 5. The van der Waals surface area contributed by atoms with Gasteiger partial charge in [0.05, 0.1) is 28.4 Å². The average Bonchev–Trinajstić information content (AvgIpc) is 3.48. The maximum absolute atomic E-state index is 16.4. The summed E-state index contributed by atoms with van der Waals surface area (Å²) in [5.41, 5.74) is 6.14. The summed E-state index contributed by atoms with van der Waals surface area (Å²) >= 11 is 7.61. The zero-order valence-electron chi connectivity index (χ0n) is 21.3. The lowest BCUT2D eigenvalue weighted by atomic mass is 9.97. The van der Waals surface area contributed by atoms with Crippen LogP contribution in [0.4, 0.5) is 19.6 Å². The molecule has 2 unspecified atom stereocenters. The fourth-order valence-electron chi connectivity index (χ4n) is 5.30. The van der Waals surface area contributed by atoms with Crippen molar-refractivity contribution >= 4 is 60.7 Å². The van der Waals surface area contributed by atoms with Gasteiger partial charge in [-0.3, -0.25) is 4.79 Å². The highest BCUT2D eigenvalue weighted by molar-refractivity contribution is 7.23. The van der Waals surface area contributed by atoms with E-state index in [1.807, 2.05) is 17.9 Å². The summed E-state index contributed by atoms with van der Waals surface area (Å²) < 4.78 is 36.5. The molecule has 0 aliphatic carbocycles. The average molecular weight is 569 g/mol. The third-order valence-electron chi connectivity index (χ3n) is 7.23. The highest BCUT2D eigenvalue weighted by Gasteiger charge is 2.37. The minimum atomic E-state index is -0.780. The number of nitrogens with two attached hydrogens (primary N) is 1. The molecule has 1 amide bonds. The molecule has 1 aliphatic rings. The van der Waals surface area contributed by atoms with Crippen molar-refractivity contribution in [2.24, 2.45) is 0 Å². The molecule has 1 aliphatic heterocycles. The van der Waals surface area contributed by atoms with Gasteiger partial charge >= 0.3 is 6.01 Å². The first-order valence-electron chi connectivity index (χ1n) is 11.9. The number of likely N-dealkylation sites (N-methyl/N-ethyl adjacent to an activating group) is 1. The number of amides is 1. The molecule has 1 saturated heterocycles. The Labute approximate surface area is 231 Å². The van der Waals surface area contributed by atoms with Crippen molar-refractivity contribution in [3.8, 4) is 23.2 Å². The molecular formula is C27H23ClF2N6O2S. The number of ether oxygens (including phenoxy) is 1. The Bertz CT molecular complexity index is 1720. The number of thiophene rings is 1. The minimum Gasteiger partial charge on any atom is -0.467 e. The largest absolute Gasteiger partial charge is 0.467 e. The third kappa shape index (κ3) is 4.11. The topological polar surface area (TPSA) is 108 Å². The lowest BCUT2D eigenvalue weighted by molar-refractivity contribution is -0.126. The number of nitriles is 1. The molecule has 12 heteroatoms. The zero-order chi connectivity index (χ0) is 28.2.